The van der Waals surface area contributed by atoms with Crippen LogP contribution in [0.25, 0.3) is 0 Å². The molecule has 2 nitrogen and oxygen atoms in total. The van der Waals surface area contributed by atoms with Crippen LogP contribution >= 0.6 is 31.9 Å². The third-order valence-electron chi connectivity index (χ3n) is 2.58. The number of carbonyl (C=O) groups excluding carboxylic acids is 1. The second kappa shape index (κ2) is 5.84. The quantitative estimate of drug-likeness (QED) is 0.720. The molecule has 5 heteroatoms. The van der Waals surface area contributed by atoms with Crippen molar-refractivity contribution in [3.8, 4) is 5.75 Å². The highest BCUT2D eigenvalue weighted by Crippen LogP contribution is 2.27. The Morgan fingerprint density at radius 2 is 1.68 bits per heavy atom. The van der Waals surface area contributed by atoms with Crippen molar-refractivity contribution in [1.29, 1.82) is 0 Å². The van der Waals surface area contributed by atoms with Gasteiger partial charge in [-0.05, 0) is 36.4 Å². The summed E-state index contributed by atoms with van der Waals surface area (Å²) in [5, 5.41) is 0. The standard InChI is InChI=1S/C14H9Br2FO2/c1-19-13-7-9(16)2-4-10(13)14(18)11-6-8(15)3-5-12(11)17/h2-7H,1H3. The second-order valence-corrected chi connectivity index (χ2v) is 5.63. The number of ether oxygens (including phenoxy) is 1. The highest BCUT2D eigenvalue weighted by Gasteiger charge is 2.18. The molecule has 0 spiro atoms. The molecule has 2 aromatic rings. The Kier molecular flexibility index (Phi) is 4.37. The Balaban J connectivity index is 2.53. The van der Waals surface area contributed by atoms with Crippen molar-refractivity contribution in [3.63, 3.8) is 0 Å². The van der Waals surface area contributed by atoms with E-state index in [2.05, 4.69) is 31.9 Å². The first-order chi connectivity index (χ1) is 9.02. The SMILES string of the molecule is COc1cc(Br)ccc1C(=O)c1cc(Br)ccc1F. The molecule has 2 aromatic carbocycles. The lowest BCUT2D eigenvalue weighted by Crippen LogP contribution is -2.06. The van der Waals surface area contributed by atoms with Gasteiger partial charge in [-0.3, -0.25) is 4.79 Å². The van der Waals surface area contributed by atoms with Gasteiger partial charge in [0.15, 0.2) is 5.78 Å². The normalized spacial score (nSPS) is 10.3. The van der Waals surface area contributed by atoms with Gasteiger partial charge in [-0.2, -0.15) is 0 Å². The highest BCUT2D eigenvalue weighted by molar-refractivity contribution is 9.10. The fraction of sp³-hybridized carbons (Fsp3) is 0.0714. The van der Waals surface area contributed by atoms with E-state index in [9.17, 15) is 9.18 Å². The minimum absolute atomic E-state index is 0.00926. The predicted molar refractivity (Wildman–Crippen MR) is 78.2 cm³/mol. The van der Waals surface area contributed by atoms with E-state index in [-0.39, 0.29) is 5.56 Å². The van der Waals surface area contributed by atoms with Crippen LogP contribution in [0, 0.1) is 5.82 Å². The van der Waals surface area contributed by atoms with Gasteiger partial charge < -0.3 is 4.74 Å². The van der Waals surface area contributed by atoms with Crippen LogP contribution in [-0.2, 0) is 0 Å². The fourth-order valence-electron chi connectivity index (χ4n) is 1.67. The Bertz CT molecular complexity index is 641. The molecule has 0 amide bonds. The monoisotopic (exact) mass is 386 g/mol. The number of rotatable bonds is 3. The summed E-state index contributed by atoms with van der Waals surface area (Å²) in [7, 11) is 1.47. The largest absolute Gasteiger partial charge is 0.496 e. The van der Waals surface area contributed by atoms with Gasteiger partial charge in [0.1, 0.15) is 11.6 Å². The van der Waals surface area contributed by atoms with Gasteiger partial charge in [0, 0.05) is 8.95 Å². The average molecular weight is 388 g/mol. The van der Waals surface area contributed by atoms with Crippen molar-refractivity contribution >= 4 is 37.6 Å². The Labute approximate surface area is 126 Å². The lowest BCUT2D eigenvalue weighted by atomic mass is 10.0. The van der Waals surface area contributed by atoms with Crippen molar-refractivity contribution in [1.82, 2.24) is 0 Å². The number of hydrogen-bond acceptors (Lipinski definition) is 2. The molecular weight excluding hydrogens is 379 g/mol. The lowest BCUT2D eigenvalue weighted by molar-refractivity contribution is 0.103. The molecule has 0 saturated carbocycles. The van der Waals surface area contributed by atoms with E-state index in [4.69, 9.17) is 4.74 Å². The zero-order valence-electron chi connectivity index (χ0n) is 9.91. The molecule has 0 bridgehead atoms. The Morgan fingerprint density at radius 3 is 2.37 bits per heavy atom. The molecule has 0 aliphatic carbocycles. The molecule has 98 valence electrons. The summed E-state index contributed by atoms with van der Waals surface area (Å²) in [5.41, 5.74) is 0.331. The molecule has 0 fully saturated rings. The first kappa shape index (κ1) is 14.2. The molecule has 0 unspecified atom stereocenters. The van der Waals surface area contributed by atoms with Gasteiger partial charge in [0.2, 0.25) is 0 Å². The maximum Gasteiger partial charge on any atom is 0.199 e. The number of carbonyl (C=O) groups is 1. The molecular formula is C14H9Br2FO2. The van der Waals surface area contributed by atoms with Crippen molar-refractivity contribution < 1.29 is 13.9 Å². The van der Waals surface area contributed by atoms with Crippen LogP contribution in [0.3, 0.4) is 0 Å². The third-order valence-corrected chi connectivity index (χ3v) is 3.57. The van der Waals surface area contributed by atoms with Crippen LogP contribution in [0.1, 0.15) is 15.9 Å². The molecule has 0 aromatic heterocycles. The zero-order valence-corrected chi connectivity index (χ0v) is 13.1. The van der Waals surface area contributed by atoms with Crippen LogP contribution in [-0.4, -0.2) is 12.9 Å². The molecule has 0 aliphatic rings. The molecule has 0 N–H and O–H groups in total. The van der Waals surface area contributed by atoms with E-state index >= 15 is 0 Å². The number of methoxy groups -OCH3 is 1. The summed E-state index contributed by atoms with van der Waals surface area (Å²) in [5.74, 6) is -0.569. The van der Waals surface area contributed by atoms with E-state index in [0.717, 1.165) is 4.47 Å². The molecule has 0 radical (unpaired) electrons. The van der Waals surface area contributed by atoms with Gasteiger partial charge in [-0.15, -0.1) is 0 Å². The molecule has 0 saturated heterocycles. The van der Waals surface area contributed by atoms with E-state index < -0.39 is 11.6 Å². The number of halogens is 3. The van der Waals surface area contributed by atoms with Crippen LogP contribution in [0.15, 0.2) is 45.3 Å². The van der Waals surface area contributed by atoms with Crippen LogP contribution in [0.2, 0.25) is 0 Å². The van der Waals surface area contributed by atoms with E-state index in [0.29, 0.717) is 15.8 Å². The van der Waals surface area contributed by atoms with E-state index in [1.165, 1.54) is 19.2 Å². The van der Waals surface area contributed by atoms with Gasteiger partial charge >= 0.3 is 0 Å². The third kappa shape index (κ3) is 3.04. The number of ketones is 1. The highest BCUT2D eigenvalue weighted by atomic mass is 79.9. The van der Waals surface area contributed by atoms with E-state index in [1.807, 2.05) is 0 Å². The van der Waals surface area contributed by atoms with Crippen LogP contribution < -0.4 is 4.74 Å². The summed E-state index contributed by atoms with van der Waals surface area (Å²) in [6, 6.07) is 9.24. The van der Waals surface area contributed by atoms with Gasteiger partial charge in [-0.25, -0.2) is 4.39 Å². The van der Waals surface area contributed by atoms with Crippen LogP contribution in [0.4, 0.5) is 4.39 Å². The van der Waals surface area contributed by atoms with Crippen molar-refractivity contribution in [3.05, 3.63) is 62.3 Å². The van der Waals surface area contributed by atoms with Crippen molar-refractivity contribution in [2.45, 2.75) is 0 Å². The first-order valence-electron chi connectivity index (χ1n) is 5.36. The first-order valence-corrected chi connectivity index (χ1v) is 6.95. The maximum absolute atomic E-state index is 13.7. The topological polar surface area (TPSA) is 26.3 Å². The average Bonchev–Trinajstić information content (AvgIpc) is 2.40. The number of hydrogen-bond donors (Lipinski definition) is 0. The van der Waals surface area contributed by atoms with Gasteiger partial charge in [-0.1, -0.05) is 31.9 Å². The maximum atomic E-state index is 13.7. The summed E-state index contributed by atoms with van der Waals surface area (Å²) < 4.78 is 20.3. The van der Waals surface area contributed by atoms with Crippen molar-refractivity contribution in [2.75, 3.05) is 7.11 Å². The smallest absolute Gasteiger partial charge is 0.199 e. The second-order valence-electron chi connectivity index (χ2n) is 3.80. The van der Waals surface area contributed by atoms with Crippen molar-refractivity contribution in [2.24, 2.45) is 0 Å². The summed E-state index contributed by atoms with van der Waals surface area (Å²) >= 11 is 6.52. The fourth-order valence-corrected chi connectivity index (χ4v) is 2.37. The molecule has 2 rings (SSSR count). The summed E-state index contributed by atoms with van der Waals surface area (Å²) in [4.78, 5) is 12.4. The summed E-state index contributed by atoms with van der Waals surface area (Å²) in [6.45, 7) is 0. The van der Waals surface area contributed by atoms with Gasteiger partial charge in [0.05, 0.1) is 18.2 Å². The lowest BCUT2D eigenvalue weighted by Gasteiger charge is -2.09. The zero-order chi connectivity index (χ0) is 14.0. The molecule has 0 aliphatic heterocycles. The summed E-state index contributed by atoms with van der Waals surface area (Å²) in [6.07, 6.45) is 0. The molecule has 0 atom stereocenters. The Morgan fingerprint density at radius 1 is 1.05 bits per heavy atom. The van der Waals surface area contributed by atoms with Crippen LogP contribution in [0.5, 0.6) is 5.75 Å². The number of benzene rings is 2. The van der Waals surface area contributed by atoms with Gasteiger partial charge in [0.25, 0.3) is 0 Å². The minimum Gasteiger partial charge on any atom is -0.496 e. The van der Waals surface area contributed by atoms with E-state index in [1.54, 1.807) is 24.3 Å². The molecule has 19 heavy (non-hydrogen) atoms. The Hall–Kier alpha value is -1.20. The minimum atomic E-state index is -0.557. The predicted octanol–water partition coefficient (Wildman–Crippen LogP) is 4.59. The molecule has 0 heterocycles.